The molecule has 38 heavy (non-hydrogen) atoms. The maximum Gasteiger partial charge on any atom is 0.276 e. The molecule has 1 aliphatic carbocycles. The lowest BCUT2D eigenvalue weighted by Gasteiger charge is -2.38. The molecule has 4 aromatic rings. The normalized spacial score (nSPS) is 18.5. The van der Waals surface area contributed by atoms with Crippen LogP contribution in [0.5, 0.6) is 0 Å². The van der Waals surface area contributed by atoms with Crippen molar-refractivity contribution in [2.45, 2.75) is 45.1 Å². The molecule has 3 heterocycles. The molecule has 1 saturated heterocycles. The second-order valence-electron chi connectivity index (χ2n) is 10.7. The number of aromatic nitrogens is 4. The minimum absolute atomic E-state index is 0.00237. The smallest absolute Gasteiger partial charge is 0.276 e. The van der Waals surface area contributed by atoms with Crippen molar-refractivity contribution in [2.24, 2.45) is 5.92 Å². The van der Waals surface area contributed by atoms with Crippen LogP contribution in [-0.2, 0) is 5.54 Å². The summed E-state index contributed by atoms with van der Waals surface area (Å²) >= 11 is 0. The Morgan fingerprint density at radius 2 is 1.82 bits per heavy atom. The number of anilines is 2. The number of benzene rings is 2. The molecule has 0 unspecified atom stereocenters. The van der Waals surface area contributed by atoms with Gasteiger partial charge in [0.15, 0.2) is 11.6 Å². The molecular weight excluding hydrogens is 490 g/mol. The van der Waals surface area contributed by atoms with E-state index in [1.165, 1.54) is 18.6 Å². The summed E-state index contributed by atoms with van der Waals surface area (Å²) in [5.74, 6) is -1.99. The summed E-state index contributed by atoms with van der Waals surface area (Å²) in [6.45, 7) is 6.11. The Morgan fingerprint density at radius 1 is 1.05 bits per heavy atom. The van der Waals surface area contributed by atoms with Crippen molar-refractivity contribution < 1.29 is 13.6 Å². The fourth-order valence-electron chi connectivity index (χ4n) is 5.42. The molecule has 0 radical (unpaired) electrons. The van der Waals surface area contributed by atoms with Gasteiger partial charge < -0.3 is 10.2 Å². The third kappa shape index (κ3) is 4.04. The third-order valence-corrected chi connectivity index (χ3v) is 7.82. The first-order valence-corrected chi connectivity index (χ1v) is 12.9. The maximum atomic E-state index is 14.4. The Balaban J connectivity index is 1.40. The summed E-state index contributed by atoms with van der Waals surface area (Å²) in [6.07, 6.45) is 6.43. The lowest BCUT2D eigenvalue weighted by molar-refractivity contribution is 0.102. The van der Waals surface area contributed by atoms with Gasteiger partial charge in [-0.15, -0.1) is 0 Å². The quantitative estimate of drug-likeness (QED) is 0.408. The molecule has 1 aliphatic heterocycles. The van der Waals surface area contributed by atoms with Crippen molar-refractivity contribution in [3.8, 4) is 5.69 Å². The molecule has 8 nitrogen and oxygen atoms in total. The van der Waals surface area contributed by atoms with Gasteiger partial charge in [-0.1, -0.05) is 13.0 Å². The monoisotopic (exact) mass is 518 g/mol. The SMILES string of the molecule is C[C@@H]1CCN(c2c(NC(=O)c3ccc(=O)n(-c4c(F)cccc4F)n3)ccc3nn(C4(C)CCC4)cc23)C1. The van der Waals surface area contributed by atoms with Crippen molar-refractivity contribution in [2.75, 3.05) is 23.3 Å². The lowest BCUT2D eigenvalue weighted by Crippen LogP contribution is -2.37. The van der Waals surface area contributed by atoms with Crippen molar-refractivity contribution in [3.05, 3.63) is 76.3 Å². The Morgan fingerprint density at radius 3 is 2.47 bits per heavy atom. The molecule has 2 fully saturated rings. The summed E-state index contributed by atoms with van der Waals surface area (Å²) in [6, 6.07) is 9.28. The van der Waals surface area contributed by atoms with Crippen LogP contribution in [0.1, 0.15) is 50.0 Å². The van der Waals surface area contributed by atoms with Gasteiger partial charge in [-0.25, -0.2) is 8.78 Å². The number of nitrogens with zero attached hydrogens (tertiary/aromatic N) is 5. The molecule has 2 aromatic carbocycles. The van der Waals surface area contributed by atoms with E-state index in [1.54, 1.807) is 0 Å². The summed E-state index contributed by atoms with van der Waals surface area (Å²) in [4.78, 5) is 28.0. The van der Waals surface area contributed by atoms with Crippen LogP contribution in [-0.4, -0.2) is 38.6 Å². The van der Waals surface area contributed by atoms with Crippen LogP contribution in [0.2, 0.25) is 0 Å². The molecule has 2 aliphatic rings. The summed E-state index contributed by atoms with van der Waals surface area (Å²) in [5, 5.41) is 12.7. The van der Waals surface area contributed by atoms with E-state index >= 15 is 0 Å². The first-order valence-electron chi connectivity index (χ1n) is 12.9. The number of para-hydroxylation sites is 1. The number of hydrogen-bond acceptors (Lipinski definition) is 5. The van der Waals surface area contributed by atoms with E-state index in [-0.39, 0.29) is 11.2 Å². The van der Waals surface area contributed by atoms with Crippen LogP contribution >= 0.6 is 0 Å². The highest BCUT2D eigenvalue weighted by Crippen LogP contribution is 2.42. The molecular formula is C28H28F2N6O2. The maximum absolute atomic E-state index is 14.4. The third-order valence-electron chi connectivity index (χ3n) is 7.82. The molecule has 1 amide bonds. The summed E-state index contributed by atoms with van der Waals surface area (Å²) < 4.78 is 31.4. The summed E-state index contributed by atoms with van der Waals surface area (Å²) in [5.41, 5.74) is 0.804. The van der Waals surface area contributed by atoms with Crippen LogP contribution in [0.25, 0.3) is 16.6 Å². The predicted molar refractivity (Wildman–Crippen MR) is 141 cm³/mol. The summed E-state index contributed by atoms with van der Waals surface area (Å²) in [7, 11) is 0. The minimum Gasteiger partial charge on any atom is -0.369 e. The van der Waals surface area contributed by atoms with Crippen LogP contribution in [0.3, 0.4) is 0 Å². The second kappa shape index (κ2) is 9.04. The number of fused-ring (bicyclic) bond motifs is 1. The Hall–Kier alpha value is -4.08. The van der Waals surface area contributed by atoms with E-state index in [1.807, 2.05) is 12.1 Å². The minimum atomic E-state index is -0.954. The highest BCUT2D eigenvalue weighted by atomic mass is 19.1. The fraction of sp³-hybridized carbons (Fsp3) is 0.357. The molecule has 2 aromatic heterocycles. The van der Waals surface area contributed by atoms with Gasteiger partial charge in [0.25, 0.3) is 11.5 Å². The molecule has 1 N–H and O–H groups in total. The van der Waals surface area contributed by atoms with E-state index in [2.05, 4.69) is 40.0 Å². The largest absolute Gasteiger partial charge is 0.369 e. The van der Waals surface area contributed by atoms with Crippen LogP contribution in [0.4, 0.5) is 20.2 Å². The molecule has 10 heteroatoms. The molecule has 0 spiro atoms. The topological polar surface area (TPSA) is 85.1 Å². The van der Waals surface area contributed by atoms with Gasteiger partial charge in [0.1, 0.15) is 11.4 Å². The van der Waals surface area contributed by atoms with Gasteiger partial charge in [0.05, 0.1) is 22.4 Å². The van der Waals surface area contributed by atoms with Crippen LogP contribution in [0.15, 0.2) is 53.5 Å². The van der Waals surface area contributed by atoms with Gasteiger partial charge >= 0.3 is 0 Å². The zero-order valence-electron chi connectivity index (χ0n) is 21.2. The average molecular weight is 519 g/mol. The van der Waals surface area contributed by atoms with Crippen molar-refractivity contribution in [3.63, 3.8) is 0 Å². The lowest BCUT2D eigenvalue weighted by atomic mass is 9.79. The van der Waals surface area contributed by atoms with E-state index in [0.717, 1.165) is 67.1 Å². The van der Waals surface area contributed by atoms with Crippen LogP contribution in [0, 0.1) is 17.6 Å². The van der Waals surface area contributed by atoms with E-state index < -0.39 is 28.8 Å². The first-order chi connectivity index (χ1) is 18.2. The Bertz CT molecular complexity index is 1600. The number of nitrogens with one attached hydrogen (secondary N) is 1. The Labute approximate surface area is 217 Å². The van der Waals surface area contributed by atoms with E-state index in [9.17, 15) is 18.4 Å². The van der Waals surface area contributed by atoms with Gasteiger partial charge in [0, 0.05) is 30.7 Å². The highest BCUT2D eigenvalue weighted by molar-refractivity contribution is 6.08. The predicted octanol–water partition coefficient (Wildman–Crippen LogP) is 4.86. The number of hydrogen-bond donors (Lipinski definition) is 1. The zero-order valence-corrected chi connectivity index (χ0v) is 21.2. The van der Waals surface area contributed by atoms with Gasteiger partial charge in [-0.05, 0) is 68.9 Å². The zero-order chi connectivity index (χ0) is 26.6. The highest BCUT2D eigenvalue weighted by Gasteiger charge is 2.35. The molecule has 6 rings (SSSR count). The number of rotatable bonds is 5. The van der Waals surface area contributed by atoms with Gasteiger partial charge in [-0.3, -0.25) is 14.3 Å². The van der Waals surface area contributed by atoms with Gasteiger partial charge in [0.2, 0.25) is 0 Å². The van der Waals surface area contributed by atoms with Crippen LogP contribution < -0.4 is 15.8 Å². The average Bonchev–Trinajstić information content (AvgIpc) is 3.49. The number of carbonyl (C=O) groups is 1. The second-order valence-corrected chi connectivity index (χ2v) is 10.7. The molecule has 196 valence electrons. The van der Waals surface area contributed by atoms with Crippen molar-refractivity contribution in [1.82, 2.24) is 19.6 Å². The molecule has 1 saturated carbocycles. The standard InChI is InChI=1S/C28H28F2N6O2/c1-17-11-14-34(15-17)25-18-16-35(28(2)12-4-13-28)32-21(18)7-8-22(25)31-27(38)23-9-10-24(37)36(33-23)26-19(29)5-3-6-20(26)30/h3,5-10,16-17H,4,11-15H2,1-2H3,(H,31,38)/t17-/m1/s1. The fourth-order valence-corrected chi connectivity index (χ4v) is 5.42. The number of halogens is 2. The van der Waals surface area contributed by atoms with Crippen molar-refractivity contribution in [1.29, 1.82) is 0 Å². The van der Waals surface area contributed by atoms with Crippen molar-refractivity contribution >= 4 is 28.2 Å². The number of amides is 1. The Kier molecular flexibility index (Phi) is 5.77. The molecule has 0 bridgehead atoms. The molecule has 1 atom stereocenters. The van der Waals surface area contributed by atoms with Gasteiger partial charge in [-0.2, -0.15) is 14.9 Å². The van der Waals surface area contributed by atoms with E-state index in [0.29, 0.717) is 16.3 Å². The first kappa shape index (κ1) is 24.3. The number of carbonyl (C=O) groups excluding carboxylic acids is 1. The van der Waals surface area contributed by atoms with E-state index in [4.69, 9.17) is 5.10 Å².